The van der Waals surface area contributed by atoms with E-state index in [9.17, 15) is 9.59 Å². The van der Waals surface area contributed by atoms with Gasteiger partial charge in [-0.25, -0.2) is 0 Å². The van der Waals surface area contributed by atoms with Crippen LogP contribution in [0.4, 0.5) is 5.69 Å². The van der Waals surface area contributed by atoms with E-state index in [2.05, 4.69) is 12.2 Å². The Morgan fingerprint density at radius 2 is 2.00 bits per heavy atom. The quantitative estimate of drug-likeness (QED) is 0.793. The van der Waals surface area contributed by atoms with E-state index in [1.54, 1.807) is 12.1 Å². The standard InChI is InChI=1S/C14H19NO2/c1-4-5-6-14(17)15-13-9-12(11(3)16)8-7-10(13)2/h7-9H,4-6H2,1-3H3,(H,15,17). The normalized spacial score (nSPS) is 10.1. The highest BCUT2D eigenvalue weighted by Crippen LogP contribution is 2.17. The molecular weight excluding hydrogens is 214 g/mol. The molecule has 0 saturated heterocycles. The summed E-state index contributed by atoms with van der Waals surface area (Å²) in [6.45, 7) is 5.49. The minimum atomic E-state index is 0.00839. The van der Waals surface area contributed by atoms with Crippen LogP contribution in [0.3, 0.4) is 0 Å². The van der Waals surface area contributed by atoms with E-state index in [1.807, 2.05) is 13.0 Å². The van der Waals surface area contributed by atoms with Crippen LogP contribution in [0.2, 0.25) is 0 Å². The number of hydrogen-bond donors (Lipinski definition) is 1. The lowest BCUT2D eigenvalue weighted by Crippen LogP contribution is -2.12. The van der Waals surface area contributed by atoms with Crippen molar-refractivity contribution in [1.29, 1.82) is 0 Å². The molecule has 3 heteroatoms. The lowest BCUT2D eigenvalue weighted by atomic mass is 10.1. The highest BCUT2D eigenvalue weighted by molar-refractivity contribution is 5.97. The zero-order valence-electron chi connectivity index (χ0n) is 10.7. The number of carbonyl (C=O) groups is 2. The van der Waals surface area contributed by atoms with Crippen molar-refractivity contribution in [3.05, 3.63) is 29.3 Å². The molecule has 17 heavy (non-hydrogen) atoms. The monoisotopic (exact) mass is 233 g/mol. The first-order chi connectivity index (χ1) is 8.04. The number of aryl methyl sites for hydroxylation is 1. The molecule has 1 N–H and O–H groups in total. The van der Waals surface area contributed by atoms with Crippen LogP contribution in [0.5, 0.6) is 0 Å². The molecule has 0 unspecified atom stereocenters. The number of nitrogens with one attached hydrogen (secondary N) is 1. The van der Waals surface area contributed by atoms with Gasteiger partial charge in [-0.2, -0.15) is 0 Å². The summed E-state index contributed by atoms with van der Waals surface area (Å²) in [6, 6.07) is 5.37. The Hall–Kier alpha value is -1.64. The van der Waals surface area contributed by atoms with Gasteiger partial charge in [-0.3, -0.25) is 9.59 Å². The first-order valence-corrected chi connectivity index (χ1v) is 5.96. The van der Waals surface area contributed by atoms with Crippen molar-refractivity contribution < 1.29 is 9.59 Å². The molecule has 0 radical (unpaired) electrons. The Morgan fingerprint density at radius 1 is 1.29 bits per heavy atom. The van der Waals surface area contributed by atoms with E-state index < -0.39 is 0 Å². The predicted octanol–water partition coefficient (Wildman–Crippen LogP) is 3.33. The Balaban J connectivity index is 2.79. The van der Waals surface area contributed by atoms with Gasteiger partial charge in [0, 0.05) is 17.7 Å². The van der Waals surface area contributed by atoms with Gasteiger partial charge in [0.25, 0.3) is 0 Å². The predicted molar refractivity (Wildman–Crippen MR) is 69.3 cm³/mol. The van der Waals surface area contributed by atoms with Crippen molar-refractivity contribution in [2.24, 2.45) is 0 Å². The van der Waals surface area contributed by atoms with Crippen molar-refractivity contribution in [3.8, 4) is 0 Å². The topological polar surface area (TPSA) is 46.2 Å². The average Bonchev–Trinajstić information content (AvgIpc) is 2.29. The van der Waals surface area contributed by atoms with E-state index in [1.165, 1.54) is 6.92 Å². The number of carbonyl (C=O) groups excluding carboxylic acids is 2. The Bertz CT molecular complexity index is 424. The van der Waals surface area contributed by atoms with Crippen molar-refractivity contribution in [1.82, 2.24) is 0 Å². The van der Waals surface area contributed by atoms with Gasteiger partial charge in [0.15, 0.2) is 5.78 Å². The van der Waals surface area contributed by atoms with Gasteiger partial charge in [0.05, 0.1) is 0 Å². The Morgan fingerprint density at radius 3 is 2.59 bits per heavy atom. The molecule has 1 aromatic carbocycles. The van der Waals surface area contributed by atoms with Gasteiger partial charge in [0.1, 0.15) is 0 Å². The average molecular weight is 233 g/mol. The second-order valence-electron chi connectivity index (χ2n) is 4.24. The SMILES string of the molecule is CCCCC(=O)Nc1cc(C(C)=O)ccc1C. The third-order valence-electron chi connectivity index (χ3n) is 2.68. The van der Waals surface area contributed by atoms with E-state index in [0.29, 0.717) is 12.0 Å². The van der Waals surface area contributed by atoms with Crippen LogP contribution >= 0.6 is 0 Å². The fraction of sp³-hybridized carbons (Fsp3) is 0.429. The molecule has 0 atom stereocenters. The molecule has 0 aliphatic heterocycles. The fourth-order valence-corrected chi connectivity index (χ4v) is 1.53. The number of Topliss-reactive ketones (excluding diaryl/α,β-unsaturated/α-hetero) is 1. The first kappa shape index (κ1) is 13.4. The lowest BCUT2D eigenvalue weighted by Gasteiger charge is -2.09. The smallest absolute Gasteiger partial charge is 0.224 e. The zero-order chi connectivity index (χ0) is 12.8. The van der Waals surface area contributed by atoms with Crippen LogP contribution in [-0.2, 0) is 4.79 Å². The van der Waals surface area contributed by atoms with Crippen molar-refractivity contribution in [2.75, 3.05) is 5.32 Å². The van der Waals surface area contributed by atoms with Crippen molar-refractivity contribution in [3.63, 3.8) is 0 Å². The summed E-state index contributed by atoms with van der Waals surface area (Å²) in [5.41, 5.74) is 2.33. The minimum absolute atomic E-state index is 0.00839. The summed E-state index contributed by atoms with van der Waals surface area (Å²) < 4.78 is 0. The number of rotatable bonds is 5. The van der Waals surface area contributed by atoms with Crippen LogP contribution in [-0.4, -0.2) is 11.7 Å². The molecule has 0 heterocycles. The second-order valence-corrected chi connectivity index (χ2v) is 4.24. The molecule has 92 valence electrons. The second kappa shape index (κ2) is 6.18. The molecule has 0 aliphatic carbocycles. The number of hydrogen-bond acceptors (Lipinski definition) is 2. The maximum atomic E-state index is 11.6. The minimum Gasteiger partial charge on any atom is -0.326 e. The van der Waals surface area contributed by atoms with Gasteiger partial charge < -0.3 is 5.32 Å². The third kappa shape index (κ3) is 4.02. The number of ketones is 1. The van der Waals surface area contributed by atoms with E-state index in [0.717, 1.165) is 24.1 Å². The Kier molecular flexibility index (Phi) is 4.88. The van der Waals surface area contributed by atoms with Gasteiger partial charge >= 0.3 is 0 Å². The van der Waals surface area contributed by atoms with Gasteiger partial charge in [-0.05, 0) is 31.9 Å². The first-order valence-electron chi connectivity index (χ1n) is 5.96. The summed E-state index contributed by atoms with van der Waals surface area (Å²) in [5, 5.41) is 2.85. The van der Waals surface area contributed by atoms with Crippen LogP contribution in [0.15, 0.2) is 18.2 Å². The molecule has 1 aromatic rings. The maximum Gasteiger partial charge on any atom is 0.224 e. The number of unbranched alkanes of at least 4 members (excludes halogenated alkanes) is 1. The summed E-state index contributed by atoms with van der Waals surface area (Å²) in [6.07, 6.45) is 2.41. The molecule has 0 bridgehead atoms. The van der Waals surface area contributed by atoms with Gasteiger partial charge in [-0.1, -0.05) is 25.5 Å². The zero-order valence-corrected chi connectivity index (χ0v) is 10.7. The molecule has 1 rings (SSSR count). The van der Waals surface area contributed by atoms with Crippen LogP contribution < -0.4 is 5.32 Å². The van der Waals surface area contributed by atoms with Gasteiger partial charge in [-0.15, -0.1) is 0 Å². The summed E-state index contributed by atoms with van der Waals surface area (Å²) >= 11 is 0. The number of benzene rings is 1. The molecule has 0 aliphatic rings. The van der Waals surface area contributed by atoms with E-state index in [4.69, 9.17) is 0 Å². The van der Waals surface area contributed by atoms with Crippen LogP contribution in [0.25, 0.3) is 0 Å². The van der Waals surface area contributed by atoms with Crippen molar-refractivity contribution >= 4 is 17.4 Å². The van der Waals surface area contributed by atoms with Gasteiger partial charge in [0.2, 0.25) is 5.91 Å². The van der Waals surface area contributed by atoms with E-state index >= 15 is 0 Å². The van der Waals surface area contributed by atoms with Crippen LogP contribution in [0, 0.1) is 6.92 Å². The lowest BCUT2D eigenvalue weighted by molar-refractivity contribution is -0.116. The third-order valence-corrected chi connectivity index (χ3v) is 2.68. The Labute approximate surface area is 102 Å². The maximum absolute atomic E-state index is 11.6. The molecular formula is C14H19NO2. The molecule has 0 spiro atoms. The summed E-state index contributed by atoms with van der Waals surface area (Å²) in [4.78, 5) is 22.9. The highest BCUT2D eigenvalue weighted by Gasteiger charge is 2.07. The number of anilines is 1. The highest BCUT2D eigenvalue weighted by atomic mass is 16.1. The van der Waals surface area contributed by atoms with Crippen LogP contribution in [0.1, 0.15) is 49.0 Å². The van der Waals surface area contributed by atoms with E-state index in [-0.39, 0.29) is 11.7 Å². The summed E-state index contributed by atoms with van der Waals surface area (Å²) in [7, 11) is 0. The molecule has 3 nitrogen and oxygen atoms in total. The molecule has 0 fully saturated rings. The largest absolute Gasteiger partial charge is 0.326 e. The van der Waals surface area contributed by atoms with Crippen molar-refractivity contribution in [2.45, 2.75) is 40.0 Å². The molecule has 1 amide bonds. The molecule has 0 aromatic heterocycles. The molecule has 0 saturated carbocycles. The fourth-order valence-electron chi connectivity index (χ4n) is 1.53. The number of amides is 1. The summed E-state index contributed by atoms with van der Waals surface area (Å²) in [5.74, 6) is 0.0182.